The molecule has 1 amide bonds. The second-order valence-electron chi connectivity index (χ2n) is 5.19. The van der Waals surface area contributed by atoms with Gasteiger partial charge in [-0.2, -0.15) is 0 Å². The highest BCUT2D eigenvalue weighted by Crippen LogP contribution is 2.34. The lowest BCUT2D eigenvalue weighted by atomic mass is 9.85. The molecule has 110 valence electrons. The van der Waals surface area contributed by atoms with Crippen molar-refractivity contribution >= 4 is 21.8 Å². The molecule has 0 bridgehead atoms. The number of rotatable bonds is 5. The molecule has 0 aliphatic heterocycles. The van der Waals surface area contributed by atoms with Crippen LogP contribution in [0.5, 0.6) is 11.5 Å². The Morgan fingerprint density at radius 3 is 2.60 bits per heavy atom. The molecule has 0 atom stereocenters. The Labute approximate surface area is 128 Å². The Kier molecular flexibility index (Phi) is 4.91. The van der Waals surface area contributed by atoms with Crippen molar-refractivity contribution in [3.05, 3.63) is 23.8 Å². The maximum absolute atomic E-state index is 12.5. The predicted molar refractivity (Wildman–Crippen MR) is 81.9 cm³/mol. The van der Waals surface area contributed by atoms with E-state index in [2.05, 4.69) is 15.9 Å². The Balaban J connectivity index is 2.07. The van der Waals surface area contributed by atoms with Crippen molar-refractivity contribution in [2.75, 3.05) is 27.8 Å². The minimum atomic E-state index is -0.0116. The van der Waals surface area contributed by atoms with Crippen LogP contribution in [0.1, 0.15) is 23.2 Å². The zero-order chi connectivity index (χ0) is 14.7. The number of hydrogen-bond donors (Lipinski definition) is 0. The summed E-state index contributed by atoms with van der Waals surface area (Å²) in [6.45, 7) is 0.788. The van der Waals surface area contributed by atoms with Gasteiger partial charge >= 0.3 is 0 Å². The first-order valence-electron chi connectivity index (χ1n) is 6.66. The van der Waals surface area contributed by atoms with E-state index in [1.165, 1.54) is 0 Å². The summed E-state index contributed by atoms with van der Waals surface area (Å²) in [5.41, 5.74) is 0.575. The third kappa shape index (κ3) is 3.26. The zero-order valence-corrected chi connectivity index (χ0v) is 13.6. The fraction of sp³-hybridized carbons (Fsp3) is 0.533. The lowest BCUT2D eigenvalue weighted by Crippen LogP contribution is -2.37. The van der Waals surface area contributed by atoms with Crippen LogP contribution in [0.4, 0.5) is 0 Å². The lowest BCUT2D eigenvalue weighted by Gasteiger charge is -2.34. The van der Waals surface area contributed by atoms with Crippen molar-refractivity contribution in [2.45, 2.75) is 17.7 Å². The van der Waals surface area contributed by atoms with E-state index in [-0.39, 0.29) is 5.91 Å². The molecule has 0 saturated heterocycles. The molecule has 0 N–H and O–H groups in total. The topological polar surface area (TPSA) is 38.8 Å². The van der Waals surface area contributed by atoms with Crippen molar-refractivity contribution in [1.82, 2.24) is 4.90 Å². The minimum Gasteiger partial charge on any atom is -0.497 e. The normalized spacial score (nSPS) is 21.0. The van der Waals surface area contributed by atoms with Crippen LogP contribution in [-0.2, 0) is 0 Å². The van der Waals surface area contributed by atoms with Gasteiger partial charge in [0.15, 0.2) is 0 Å². The van der Waals surface area contributed by atoms with E-state index < -0.39 is 0 Å². The zero-order valence-electron chi connectivity index (χ0n) is 12.1. The Morgan fingerprint density at radius 1 is 1.35 bits per heavy atom. The highest BCUT2D eigenvalue weighted by molar-refractivity contribution is 9.09. The van der Waals surface area contributed by atoms with Crippen LogP contribution < -0.4 is 9.47 Å². The van der Waals surface area contributed by atoms with E-state index in [9.17, 15) is 4.79 Å². The molecule has 2 rings (SSSR count). The van der Waals surface area contributed by atoms with Gasteiger partial charge in [-0.25, -0.2) is 0 Å². The van der Waals surface area contributed by atoms with Crippen LogP contribution in [0.15, 0.2) is 18.2 Å². The van der Waals surface area contributed by atoms with Crippen LogP contribution >= 0.6 is 15.9 Å². The molecule has 0 spiro atoms. The molecule has 1 aromatic carbocycles. The van der Waals surface area contributed by atoms with Gasteiger partial charge in [-0.3, -0.25) is 4.79 Å². The third-order valence-corrected chi connectivity index (χ3v) is 4.44. The number of carbonyl (C=O) groups excluding carboxylic acids is 1. The average molecular weight is 342 g/mol. The number of ether oxygens (including phenoxy) is 2. The smallest absolute Gasteiger partial charge is 0.257 e. The molecule has 0 heterocycles. The molecular formula is C15H20BrNO3. The molecule has 1 aliphatic rings. The highest BCUT2D eigenvalue weighted by atomic mass is 79.9. The van der Waals surface area contributed by atoms with Gasteiger partial charge in [-0.15, -0.1) is 0 Å². The van der Waals surface area contributed by atoms with Gasteiger partial charge in [-0.05, 0) is 30.9 Å². The van der Waals surface area contributed by atoms with Crippen LogP contribution in [0, 0.1) is 5.92 Å². The first kappa shape index (κ1) is 15.2. The van der Waals surface area contributed by atoms with Crippen molar-refractivity contribution in [3.63, 3.8) is 0 Å². The van der Waals surface area contributed by atoms with E-state index in [4.69, 9.17) is 9.47 Å². The molecule has 5 heteroatoms. The number of nitrogens with zero attached hydrogens (tertiary/aromatic N) is 1. The molecule has 1 aliphatic carbocycles. The summed E-state index contributed by atoms with van der Waals surface area (Å²) in [5.74, 6) is 1.82. The summed E-state index contributed by atoms with van der Waals surface area (Å²) in [6, 6.07) is 5.27. The molecule has 1 fully saturated rings. The number of hydrogen-bond acceptors (Lipinski definition) is 3. The maximum atomic E-state index is 12.5. The van der Waals surface area contributed by atoms with Crippen LogP contribution in [0.2, 0.25) is 0 Å². The van der Waals surface area contributed by atoms with E-state index >= 15 is 0 Å². The first-order chi connectivity index (χ1) is 9.55. The molecule has 20 heavy (non-hydrogen) atoms. The summed E-state index contributed by atoms with van der Waals surface area (Å²) in [4.78, 5) is 14.9. The third-order valence-electron chi connectivity index (χ3n) is 3.70. The monoisotopic (exact) mass is 341 g/mol. The van der Waals surface area contributed by atoms with Gasteiger partial charge < -0.3 is 14.4 Å². The summed E-state index contributed by atoms with van der Waals surface area (Å²) in [6.07, 6.45) is 2.27. The molecule has 1 aromatic rings. The number of carbonyl (C=O) groups is 1. The summed E-state index contributed by atoms with van der Waals surface area (Å²) in [7, 11) is 5.00. The lowest BCUT2D eigenvalue weighted by molar-refractivity contribution is 0.0745. The van der Waals surface area contributed by atoms with Gasteiger partial charge in [0.05, 0.1) is 19.8 Å². The molecule has 0 radical (unpaired) electrons. The van der Waals surface area contributed by atoms with E-state index in [0.29, 0.717) is 27.8 Å². The summed E-state index contributed by atoms with van der Waals surface area (Å²) < 4.78 is 10.4. The Hall–Kier alpha value is -1.23. The number of alkyl halides is 1. The highest BCUT2D eigenvalue weighted by Gasteiger charge is 2.29. The fourth-order valence-corrected chi connectivity index (χ4v) is 3.51. The predicted octanol–water partition coefficient (Wildman–Crippen LogP) is 2.95. The maximum Gasteiger partial charge on any atom is 0.257 e. The van der Waals surface area contributed by atoms with Crippen molar-refractivity contribution < 1.29 is 14.3 Å². The van der Waals surface area contributed by atoms with Gasteiger partial charge in [-0.1, -0.05) is 15.9 Å². The number of amides is 1. The molecule has 4 nitrogen and oxygen atoms in total. The molecule has 0 aromatic heterocycles. The Bertz CT molecular complexity index is 486. The van der Waals surface area contributed by atoms with Gasteiger partial charge in [0.1, 0.15) is 11.5 Å². The SMILES string of the molecule is COc1ccc(C(=O)N(C)CC2CC(Br)C2)c(OC)c1. The summed E-state index contributed by atoms with van der Waals surface area (Å²) in [5, 5.41) is 0. The van der Waals surface area contributed by atoms with Crippen molar-refractivity contribution in [1.29, 1.82) is 0 Å². The minimum absolute atomic E-state index is 0.0116. The second kappa shape index (κ2) is 6.48. The summed E-state index contributed by atoms with van der Waals surface area (Å²) >= 11 is 3.57. The quantitative estimate of drug-likeness (QED) is 0.773. The standard InChI is InChI=1S/C15H20BrNO3/c1-17(9-10-6-11(16)7-10)15(18)13-5-4-12(19-2)8-14(13)20-3/h4-5,8,10-11H,6-7,9H2,1-3H3. The van der Waals surface area contributed by atoms with Gasteiger partial charge in [0.25, 0.3) is 5.91 Å². The number of methoxy groups -OCH3 is 2. The largest absolute Gasteiger partial charge is 0.497 e. The van der Waals surface area contributed by atoms with Gasteiger partial charge in [0, 0.05) is 24.5 Å². The average Bonchev–Trinajstić information content (AvgIpc) is 2.43. The molecular weight excluding hydrogens is 322 g/mol. The van der Waals surface area contributed by atoms with E-state index in [1.807, 2.05) is 7.05 Å². The first-order valence-corrected chi connectivity index (χ1v) is 7.58. The van der Waals surface area contributed by atoms with Crippen LogP contribution in [0.25, 0.3) is 0 Å². The van der Waals surface area contributed by atoms with E-state index in [1.54, 1.807) is 37.3 Å². The van der Waals surface area contributed by atoms with E-state index in [0.717, 1.165) is 19.4 Å². The molecule has 1 saturated carbocycles. The van der Waals surface area contributed by atoms with Crippen LogP contribution in [-0.4, -0.2) is 43.4 Å². The van der Waals surface area contributed by atoms with Gasteiger partial charge in [0.2, 0.25) is 0 Å². The second-order valence-corrected chi connectivity index (χ2v) is 6.48. The molecule has 0 unspecified atom stereocenters. The number of halogens is 1. The van der Waals surface area contributed by atoms with Crippen LogP contribution in [0.3, 0.4) is 0 Å². The fourth-order valence-electron chi connectivity index (χ4n) is 2.45. The Morgan fingerprint density at radius 2 is 2.05 bits per heavy atom. The van der Waals surface area contributed by atoms with Crippen molar-refractivity contribution in [2.24, 2.45) is 5.92 Å². The van der Waals surface area contributed by atoms with Crippen molar-refractivity contribution in [3.8, 4) is 11.5 Å². The number of benzene rings is 1.